The van der Waals surface area contributed by atoms with Gasteiger partial charge in [-0.2, -0.15) is 16.4 Å². The third-order valence-electron chi connectivity index (χ3n) is 4.81. The third kappa shape index (κ3) is 5.14. The minimum atomic E-state index is -0.0663. The van der Waals surface area contributed by atoms with Crippen molar-refractivity contribution < 1.29 is 14.4 Å². The van der Waals surface area contributed by atoms with Crippen molar-refractivity contribution in [2.24, 2.45) is 11.0 Å². The fourth-order valence-electron chi connectivity index (χ4n) is 3.29. The van der Waals surface area contributed by atoms with E-state index in [0.717, 1.165) is 25.1 Å². The van der Waals surface area contributed by atoms with Crippen LogP contribution in [0.1, 0.15) is 48.9 Å². The second kappa shape index (κ2) is 8.93. The number of hydrogen-bond donors (Lipinski definition) is 2. The molecule has 0 aliphatic carbocycles. The highest BCUT2D eigenvalue weighted by Gasteiger charge is 2.24. The van der Waals surface area contributed by atoms with Gasteiger partial charge in [0.1, 0.15) is 0 Å². The molecule has 0 radical (unpaired) electrons. The Bertz CT molecular complexity index is 687. The zero-order valence-corrected chi connectivity index (χ0v) is 15.5. The van der Waals surface area contributed by atoms with Crippen molar-refractivity contribution in [1.82, 2.24) is 15.6 Å². The first-order valence-electron chi connectivity index (χ1n) is 9.04. The average molecular weight is 376 g/mol. The predicted octanol–water partition coefficient (Wildman–Crippen LogP) is 1.76. The van der Waals surface area contributed by atoms with Crippen LogP contribution in [0.5, 0.6) is 0 Å². The minimum absolute atomic E-state index is 0.0490. The normalized spacial score (nSPS) is 20.3. The van der Waals surface area contributed by atoms with Crippen LogP contribution in [0.4, 0.5) is 0 Å². The Morgan fingerprint density at radius 1 is 1.38 bits per heavy atom. The van der Waals surface area contributed by atoms with E-state index in [1.54, 1.807) is 0 Å². The van der Waals surface area contributed by atoms with Gasteiger partial charge < -0.3 is 10.2 Å². The molecule has 3 heterocycles. The topological polar surface area (TPSA) is 90.9 Å². The molecule has 0 aromatic carbocycles. The number of thiophene rings is 1. The molecule has 1 aromatic rings. The largest absolute Gasteiger partial charge is 0.352 e. The Balaban J connectivity index is 1.41. The highest BCUT2D eigenvalue weighted by Crippen LogP contribution is 2.18. The summed E-state index contributed by atoms with van der Waals surface area (Å²) < 4.78 is 0. The molecule has 0 spiro atoms. The SMILES string of the molecule is O=C1CCC(CCC(=O)N2CCCC(CNC(=O)c3ccsc3)C2)=NN1. The summed E-state index contributed by atoms with van der Waals surface area (Å²) in [5, 5.41) is 10.7. The molecule has 8 heteroatoms. The molecule has 0 saturated carbocycles. The number of amides is 3. The molecule has 2 N–H and O–H groups in total. The Morgan fingerprint density at radius 3 is 3.00 bits per heavy atom. The molecule has 26 heavy (non-hydrogen) atoms. The van der Waals surface area contributed by atoms with Crippen LogP contribution in [0.3, 0.4) is 0 Å². The zero-order valence-electron chi connectivity index (χ0n) is 14.7. The summed E-state index contributed by atoms with van der Waals surface area (Å²) in [6.07, 6.45) is 4.07. The van der Waals surface area contributed by atoms with Gasteiger partial charge in [0.05, 0.1) is 0 Å². The van der Waals surface area contributed by atoms with E-state index in [0.29, 0.717) is 50.3 Å². The molecule has 1 unspecified atom stereocenters. The van der Waals surface area contributed by atoms with Gasteiger partial charge in [0.15, 0.2) is 0 Å². The highest BCUT2D eigenvalue weighted by molar-refractivity contribution is 7.08. The van der Waals surface area contributed by atoms with E-state index in [2.05, 4.69) is 15.8 Å². The lowest BCUT2D eigenvalue weighted by molar-refractivity contribution is -0.132. The first-order chi connectivity index (χ1) is 12.6. The van der Waals surface area contributed by atoms with Crippen LogP contribution in [0, 0.1) is 5.92 Å². The van der Waals surface area contributed by atoms with Crippen LogP contribution in [-0.2, 0) is 9.59 Å². The number of piperidine rings is 1. The number of carbonyl (C=O) groups excluding carboxylic acids is 3. The number of nitrogens with zero attached hydrogens (tertiary/aromatic N) is 2. The minimum Gasteiger partial charge on any atom is -0.352 e. The van der Waals surface area contributed by atoms with Crippen molar-refractivity contribution >= 4 is 34.8 Å². The number of rotatable bonds is 6. The lowest BCUT2D eigenvalue weighted by Gasteiger charge is -2.33. The van der Waals surface area contributed by atoms with Crippen LogP contribution in [0.25, 0.3) is 0 Å². The molecule has 0 bridgehead atoms. The quantitative estimate of drug-likeness (QED) is 0.793. The molecule has 1 saturated heterocycles. The summed E-state index contributed by atoms with van der Waals surface area (Å²) in [5.41, 5.74) is 4.04. The Morgan fingerprint density at radius 2 is 2.27 bits per heavy atom. The van der Waals surface area contributed by atoms with E-state index in [-0.39, 0.29) is 17.7 Å². The lowest BCUT2D eigenvalue weighted by Crippen LogP contribution is -2.43. The van der Waals surface area contributed by atoms with Crippen LogP contribution in [0.15, 0.2) is 21.9 Å². The molecular formula is C18H24N4O3S. The van der Waals surface area contributed by atoms with E-state index in [4.69, 9.17) is 0 Å². The maximum absolute atomic E-state index is 12.5. The molecule has 1 atom stereocenters. The number of carbonyl (C=O) groups is 3. The van der Waals surface area contributed by atoms with Crippen molar-refractivity contribution in [1.29, 1.82) is 0 Å². The second-order valence-electron chi connectivity index (χ2n) is 6.78. The third-order valence-corrected chi connectivity index (χ3v) is 5.50. The first kappa shape index (κ1) is 18.6. The fraction of sp³-hybridized carbons (Fsp3) is 0.556. The van der Waals surface area contributed by atoms with E-state index in [1.807, 2.05) is 21.7 Å². The predicted molar refractivity (Wildman–Crippen MR) is 100 cm³/mol. The van der Waals surface area contributed by atoms with Gasteiger partial charge >= 0.3 is 0 Å². The molecule has 2 aliphatic rings. The van der Waals surface area contributed by atoms with Crippen molar-refractivity contribution in [3.8, 4) is 0 Å². The first-order valence-corrected chi connectivity index (χ1v) is 9.98. The van der Waals surface area contributed by atoms with Crippen LogP contribution in [-0.4, -0.2) is 48.0 Å². The summed E-state index contributed by atoms with van der Waals surface area (Å²) in [5.74, 6) is 0.301. The average Bonchev–Trinajstić information content (AvgIpc) is 3.20. The number of nitrogens with one attached hydrogen (secondary N) is 2. The maximum atomic E-state index is 12.5. The summed E-state index contributed by atoms with van der Waals surface area (Å²) in [7, 11) is 0. The van der Waals surface area contributed by atoms with Gasteiger partial charge in [-0.1, -0.05) is 0 Å². The molecule has 3 rings (SSSR count). The van der Waals surface area contributed by atoms with Gasteiger partial charge in [-0.05, 0) is 43.0 Å². The van der Waals surface area contributed by atoms with E-state index in [9.17, 15) is 14.4 Å². The second-order valence-corrected chi connectivity index (χ2v) is 7.56. The van der Waals surface area contributed by atoms with E-state index in [1.165, 1.54) is 11.3 Å². The van der Waals surface area contributed by atoms with Gasteiger partial charge in [0, 0.05) is 49.1 Å². The van der Waals surface area contributed by atoms with Crippen molar-refractivity contribution in [2.75, 3.05) is 19.6 Å². The van der Waals surface area contributed by atoms with Gasteiger partial charge in [-0.25, -0.2) is 5.43 Å². The molecule has 7 nitrogen and oxygen atoms in total. The monoisotopic (exact) mass is 376 g/mol. The summed E-state index contributed by atoms with van der Waals surface area (Å²) in [6, 6.07) is 1.81. The lowest BCUT2D eigenvalue weighted by atomic mass is 9.97. The maximum Gasteiger partial charge on any atom is 0.252 e. The van der Waals surface area contributed by atoms with Crippen LogP contribution in [0.2, 0.25) is 0 Å². The summed E-state index contributed by atoms with van der Waals surface area (Å²) >= 11 is 1.50. The van der Waals surface area contributed by atoms with Crippen molar-refractivity contribution in [3.63, 3.8) is 0 Å². The van der Waals surface area contributed by atoms with E-state index < -0.39 is 0 Å². The molecular weight excluding hydrogens is 352 g/mol. The molecule has 3 amide bonds. The van der Waals surface area contributed by atoms with Gasteiger partial charge in [-0.15, -0.1) is 0 Å². The standard InChI is InChI=1S/C18H24N4O3S/c23-16-5-3-15(20-21-16)4-6-17(24)22-8-1-2-13(11-22)10-19-18(25)14-7-9-26-12-14/h7,9,12-13H,1-6,8,10-11H2,(H,19,25)(H,21,23). The van der Waals surface area contributed by atoms with E-state index >= 15 is 0 Å². The summed E-state index contributed by atoms with van der Waals surface area (Å²) in [4.78, 5) is 37.5. The molecule has 2 aliphatic heterocycles. The summed E-state index contributed by atoms with van der Waals surface area (Å²) in [6.45, 7) is 2.06. The van der Waals surface area contributed by atoms with Crippen LogP contribution >= 0.6 is 11.3 Å². The Kier molecular flexibility index (Phi) is 6.38. The fourth-order valence-corrected chi connectivity index (χ4v) is 3.93. The van der Waals surface area contributed by atoms with Gasteiger partial charge in [0.25, 0.3) is 5.91 Å². The van der Waals surface area contributed by atoms with Crippen molar-refractivity contribution in [3.05, 3.63) is 22.4 Å². The molecule has 140 valence electrons. The Hall–Kier alpha value is -2.22. The molecule has 1 aromatic heterocycles. The number of likely N-dealkylation sites (tertiary alicyclic amines) is 1. The highest BCUT2D eigenvalue weighted by atomic mass is 32.1. The molecule has 1 fully saturated rings. The van der Waals surface area contributed by atoms with Crippen molar-refractivity contribution in [2.45, 2.75) is 38.5 Å². The van der Waals surface area contributed by atoms with Crippen LogP contribution < -0.4 is 10.7 Å². The zero-order chi connectivity index (χ0) is 18.4. The van der Waals surface area contributed by atoms with Gasteiger partial charge in [0.2, 0.25) is 11.8 Å². The van der Waals surface area contributed by atoms with Gasteiger partial charge in [-0.3, -0.25) is 14.4 Å². The Labute approximate surface area is 156 Å². The number of hydrogen-bond acceptors (Lipinski definition) is 5. The smallest absolute Gasteiger partial charge is 0.252 e. The number of hydrazone groups is 1.